The predicted octanol–water partition coefficient (Wildman–Crippen LogP) is 4.44. The number of nitrogens with zero attached hydrogens (tertiary/aromatic N) is 2. The van der Waals surface area contributed by atoms with Crippen molar-refractivity contribution < 1.29 is 13.2 Å². The molecule has 1 aromatic heterocycles. The van der Waals surface area contributed by atoms with Gasteiger partial charge in [-0.05, 0) is 49.2 Å². The van der Waals surface area contributed by atoms with Gasteiger partial charge in [0.2, 0.25) is 15.9 Å². The average Bonchev–Trinajstić information content (AvgIpc) is 2.86. The van der Waals surface area contributed by atoms with Crippen molar-refractivity contribution in [2.24, 2.45) is 0 Å². The molecule has 2 N–H and O–H groups in total. The molecule has 0 aliphatic heterocycles. The third-order valence-corrected chi connectivity index (χ3v) is 8.25. The molecule has 2 aromatic carbocycles. The lowest BCUT2D eigenvalue weighted by molar-refractivity contribution is -0.121. The average molecular weight is 501 g/mol. The number of sulfonamides is 1. The Balaban J connectivity index is 1.38. The SMILES string of the molecule is O=C(CN(C1CCCCC1)S(=O)(=O)c1ccccc1)NCCNc1ccnc2cc(Cl)ccc12. The monoisotopic (exact) mass is 500 g/mol. The molecule has 1 heterocycles. The summed E-state index contributed by atoms with van der Waals surface area (Å²) in [6, 6.07) is 15.6. The molecule has 4 rings (SSSR count). The van der Waals surface area contributed by atoms with Crippen molar-refractivity contribution in [1.82, 2.24) is 14.6 Å². The second-order valence-electron chi connectivity index (χ2n) is 8.45. The van der Waals surface area contributed by atoms with Crippen molar-refractivity contribution in [2.75, 3.05) is 25.0 Å². The number of pyridine rings is 1. The summed E-state index contributed by atoms with van der Waals surface area (Å²) in [7, 11) is -3.76. The fourth-order valence-electron chi connectivity index (χ4n) is 4.38. The zero-order valence-electron chi connectivity index (χ0n) is 18.9. The molecule has 34 heavy (non-hydrogen) atoms. The first-order chi connectivity index (χ1) is 16.4. The fourth-order valence-corrected chi connectivity index (χ4v) is 6.21. The summed E-state index contributed by atoms with van der Waals surface area (Å²) < 4.78 is 28.1. The number of hydrogen-bond donors (Lipinski definition) is 2. The highest BCUT2D eigenvalue weighted by Gasteiger charge is 2.33. The maximum absolute atomic E-state index is 13.3. The van der Waals surface area contributed by atoms with Crippen molar-refractivity contribution in [3.8, 4) is 0 Å². The van der Waals surface area contributed by atoms with Gasteiger partial charge in [0.1, 0.15) is 0 Å². The van der Waals surface area contributed by atoms with Crippen LogP contribution in [0.5, 0.6) is 0 Å². The Bertz CT molecular complexity index is 1230. The van der Waals surface area contributed by atoms with E-state index < -0.39 is 10.0 Å². The Morgan fingerprint density at radius 2 is 1.79 bits per heavy atom. The van der Waals surface area contributed by atoms with Crippen LogP contribution in [0.1, 0.15) is 32.1 Å². The van der Waals surface area contributed by atoms with Gasteiger partial charge in [-0.1, -0.05) is 49.1 Å². The molecule has 1 fully saturated rings. The number of hydrogen-bond acceptors (Lipinski definition) is 5. The lowest BCUT2D eigenvalue weighted by Crippen LogP contribution is -2.47. The molecular weight excluding hydrogens is 472 g/mol. The van der Waals surface area contributed by atoms with Crippen LogP contribution in [0.15, 0.2) is 65.7 Å². The van der Waals surface area contributed by atoms with Crippen LogP contribution in [0.4, 0.5) is 5.69 Å². The molecule has 1 amide bonds. The van der Waals surface area contributed by atoms with Gasteiger partial charge in [-0.3, -0.25) is 9.78 Å². The van der Waals surface area contributed by atoms with E-state index >= 15 is 0 Å². The minimum Gasteiger partial charge on any atom is -0.383 e. The van der Waals surface area contributed by atoms with Gasteiger partial charge in [0.15, 0.2) is 0 Å². The third kappa shape index (κ3) is 5.87. The molecule has 0 bridgehead atoms. The van der Waals surface area contributed by atoms with Gasteiger partial charge in [-0.15, -0.1) is 0 Å². The molecule has 180 valence electrons. The van der Waals surface area contributed by atoms with E-state index in [1.54, 1.807) is 42.6 Å². The largest absolute Gasteiger partial charge is 0.383 e. The minimum atomic E-state index is -3.76. The van der Waals surface area contributed by atoms with E-state index in [2.05, 4.69) is 15.6 Å². The van der Waals surface area contributed by atoms with Crippen LogP contribution in [0.3, 0.4) is 0 Å². The molecule has 0 unspecified atom stereocenters. The van der Waals surface area contributed by atoms with Gasteiger partial charge in [0.05, 0.1) is 17.0 Å². The molecule has 9 heteroatoms. The quantitative estimate of drug-likeness (QED) is 0.424. The third-order valence-electron chi connectivity index (χ3n) is 6.10. The van der Waals surface area contributed by atoms with Crippen LogP contribution in [0.25, 0.3) is 10.9 Å². The molecule has 0 saturated heterocycles. The summed E-state index contributed by atoms with van der Waals surface area (Å²) in [6.07, 6.45) is 6.31. The number of carbonyl (C=O) groups excluding carboxylic acids is 1. The van der Waals surface area contributed by atoms with Crippen molar-refractivity contribution in [2.45, 2.75) is 43.0 Å². The van der Waals surface area contributed by atoms with Crippen LogP contribution in [-0.2, 0) is 14.8 Å². The number of anilines is 1. The molecule has 3 aromatic rings. The molecule has 0 spiro atoms. The lowest BCUT2D eigenvalue weighted by Gasteiger charge is -2.33. The van der Waals surface area contributed by atoms with E-state index in [1.807, 2.05) is 18.2 Å². The Kier molecular flexibility index (Phi) is 8.03. The first-order valence-electron chi connectivity index (χ1n) is 11.6. The van der Waals surface area contributed by atoms with Crippen molar-refractivity contribution in [1.29, 1.82) is 0 Å². The lowest BCUT2D eigenvalue weighted by atomic mass is 9.95. The standard InChI is InChI=1S/C25H29ClN4O3S/c26-19-11-12-22-23(13-14-27-24(22)17-19)28-15-16-29-25(31)18-30(20-7-3-1-4-8-20)34(32,33)21-9-5-2-6-10-21/h2,5-6,9-14,17,20H,1,3-4,7-8,15-16,18H2,(H,27,28)(H,29,31). The predicted molar refractivity (Wildman–Crippen MR) is 135 cm³/mol. The second kappa shape index (κ2) is 11.2. The molecule has 1 aliphatic rings. The molecule has 0 radical (unpaired) electrons. The van der Waals surface area contributed by atoms with Crippen LogP contribution in [-0.4, -0.2) is 49.3 Å². The highest BCUT2D eigenvalue weighted by atomic mass is 35.5. The van der Waals surface area contributed by atoms with Crippen molar-refractivity contribution in [3.63, 3.8) is 0 Å². The Hall–Kier alpha value is -2.68. The van der Waals surface area contributed by atoms with Crippen molar-refractivity contribution >= 4 is 44.1 Å². The van der Waals surface area contributed by atoms with Gasteiger partial charge in [0.25, 0.3) is 0 Å². The summed E-state index contributed by atoms with van der Waals surface area (Å²) in [5.74, 6) is -0.307. The molecular formula is C25H29ClN4O3S. The highest BCUT2D eigenvalue weighted by Crippen LogP contribution is 2.28. The van der Waals surface area contributed by atoms with E-state index in [0.717, 1.165) is 48.7 Å². The van der Waals surface area contributed by atoms with Crippen LogP contribution < -0.4 is 10.6 Å². The normalized spacial score (nSPS) is 14.9. The highest BCUT2D eigenvalue weighted by molar-refractivity contribution is 7.89. The van der Waals surface area contributed by atoms with E-state index in [-0.39, 0.29) is 23.4 Å². The number of aromatic nitrogens is 1. The topological polar surface area (TPSA) is 91.4 Å². The number of halogens is 1. The van der Waals surface area contributed by atoms with Gasteiger partial charge in [0, 0.05) is 41.4 Å². The minimum absolute atomic E-state index is 0.155. The number of benzene rings is 2. The maximum Gasteiger partial charge on any atom is 0.243 e. The zero-order chi connectivity index (χ0) is 24.0. The van der Waals surface area contributed by atoms with Gasteiger partial charge in [-0.2, -0.15) is 4.31 Å². The first-order valence-corrected chi connectivity index (χ1v) is 13.4. The second-order valence-corrected chi connectivity index (χ2v) is 10.8. The first kappa shape index (κ1) is 24.4. The van der Waals surface area contributed by atoms with E-state index in [9.17, 15) is 13.2 Å². The van der Waals surface area contributed by atoms with Crippen molar-refractivity contribution in [3.05, 3.63) is 65.8 Å². The summed E-state index contributed by atoms with van der Waals surface area (Å²) in [4.78, 5) is 17.3. The van der Waals surface area contributed by atoms with E-state index in [0.29, 0.717) is 18.1 Å². The van der Waals surface area contributed by atoms with Gasteiger partial charge < -0.3 is 10.6 Å². The maximum atomic E-state index is 13.3. The smallest absolute Gasteiger partial charge is 0.243 e. The number of rotatable bonds is 9. The zero-order valence-corrected chi connectivity index (χ0v) is 20.5. The molecule has 1 saturated carbocycles. The summed E-state index contributed by atoms with van der Waals surface area (Å²) >= 11 is 6.05. The van der Waals surface area contributed by atoms with Crippen LogP contribution >= 0.6 is 11.6 Å². The Morgan fingerprint density at radius 3 is 2.56 bits per heavy atom. The van der Waals surface area contributed by atoms with Crippen LogP contribution in [0.2, 0.25) is 5.02 Å². The molecule has 1 aliphatic carbocycles. The molecule has 7 nitrogen and oxygen atoms in total. The number of amides is 1. The fraction of sp³-hybridized carbons (Fsp3) is 0.360. The summed E-state index contributed by atoms with van der Waals surface area (Å²) in [5, 5.41) is 7.73. The molecule has 0 atom stereocenters. The number of nitrogens with one attached hydrogen (secondary N) is 2. The summed E-state index contributed by atoms with van der Waals surface area (Å²) in [5.41, 5.74) is 1.68. The number of fused-ring (bicyclic) bond motifs is 1. The van der Waals surface area contributed by atoms with Crippen LogP contribution in [0, 0.1) is 0 Å². The Morgan fingerprint density at radius 1 is 1.03 bits per heavy atom. The van der Waals surface area contributed by atoms with Gasteiger partial charge >= 0.3 is 0 Å². The van der Waals surface area contributed by atoms with E-state index in [4.69, 9.17) is 11.6 Å². The summed E-state index contributed by atoms with van der Waals surface area (Å²) in [6.45, 7) is 0.668. The van der Waals surface area contributed by atoms with Gasteiger partial charge in [-0.25, -0.2) is 8.42 Å². The number of carbonyl (C=O) groups is 1. The van der Waals surface area contributed by atoms with E-state index in [1.165, 1.54) is 4.31 Å². The Labute approximate surface area is 205 Å².